The highest BCUT2D eigenvalue weighted by Gasteiger charge is 2.37. The number of hydrogen-bond donors (Lipinski definition) is 1. The Bertz CT molecular complexity index is 1520. The minimum Gasteiger partial charge on any atom is -0.493 e. The van der Waals surface area contributed by atoms with Crippen LogP contribution in [-0.2, 0) is 16.2 Å². The zero-order valence-electron chi connectivity index (χ0n) is 20.0. The average Bonchev–Trinajstić information content (AvgIpc) is 2.87. The van der Waals surface area contributed by atoms with Crippen LogP contribution in [0, 0.1) is 17.0 Å². The minimum absolute atomic E-state index is 0.0294. The van der Waals surface area contributed by atoms with Gasteiger partial charge in [0, 0.05) is 16.6 Å². The van der Waals surface area contributed by atoms with Gasteiger partial charge >= 0.3 is 6.03 Å². The van der Waals surface area contributed by atoms with Gasteiger partial charge in [0.25, 0.3) is 17.5 Å². The molecule has 0 atom stereocenters. The Morgan fingerprint density at radius 3 is 2.50 bits per heavy atom. The molecule has 1 fully saturated rings. The summed E-state index contributed by atoms with van der Waals surface area (Å²) >= 11 is 6.81. The Morgan fingerprint density at radius 1 is 1.05 bits per heavy atom. The molecule has 0 radical (unpaired) electrons. The van der Waals surface area contributed by atoms with Gasteiger partial charge < -0.3 is 9.47 Å². The molecular weight excluding hydrogens is 626 g/mol. The van der Waals surface area contributed by atoms with Crippen molar-refractivity contribution in [1.29, 1.82) is 0 Å². The molecule has 0 unspecified atom stereocenters. The summed E-state index contributed by atoms with van der Waals surface area (Å²) in [7, 11) is 1.42. The Hall–Kier alpha value is -4.03. The van der Waals surface area contributed by atoms with Gasteiger partial charge in [-0.1, -0.05) is 28.1 Å². The number of aryl methyl sites for hydroxylation is 1. The van der Waals surface area contributed by atoms with Crippen LogP contribution in [0.1, 0.15) is 16.7 Å². The first-order valence-corrected chi connectivity index (χ1v) is 12.6. The number of amides is 4. The number of barbiturate groups is 1. The van der Waals surface area contributed by atoms with Gasteiger partial charge in [-0.05, 0) is 76.0 Å². The van der Waals surface area contributed by atoms with Gasteiger partial charge in [0.05, 0.1) is 22.2 Å². The van der Waals surface area contributed by atoms with Crippen LogP contribution in [0.4, 0.5) is 16.2 Å². The molecule has 0 spiro atoms. The van der Waals surface area contributed by atoms with Crippen molar-refractivity contribution in [3.63, 3.8) is 0 Å². The molecule has 1 saturated heterocycles. The average molecular weight is 645 g/mol. The number of urea groups is 1. The number of methoxy groups -OCH3 is 1. The predicted molar refractivity (Wildman–Crippen MR) is 146 cm³/mol. The van der Waals surface area contributed by atoms with E-state index in [1.807, 2.05) is 6.92 Å². The van der Waals surface area contributed by atoms with Crippen LogP contribution >= 0.6 is 31.9 Å². The van der Waals surface area contributed by atoms with Gasteiger partial charge in [-0.2, -0.15) is 0 Å². The van der Waals surface area contributed by atoms with Crippen molar-refractivity contribution in [2.75, 3.05) is 12.0 Å². The number of hydrogen-bond acceptors (Lipinski definition) is 7. The van der Waals surface area contributed by atoms with Gasteiger partial charge in [0.1, 0.15) is 12.2 Å². The van der Waals surface area contributed by atoms with Crippen molar-refractivity contribution in [1.82, 2.24) is 5.32 Å². The topological polar surface area (TPSA) is 128 Å². The third-order valence-corrected chi connectivity index (χ3v) is 7.05. The number of nitro benzene ring substituents is 1. The number of non-ortho nitro benzene ring substituents is 1. The van der Waals surface area contributed by atoms with Crippen molar-refractivity contribution >= 4 is 67.2 Å². The van der Waals surface area contributed by atoms with E-state index >= 15 is 0 Å². The van der Waals surface area contributed by atoms with Crippen LogP contribution in [0.2, 0.25) is 0 Å². The minimum atomic E-state index is -0.845. The standard InChI is InChI=1S/C26H19Br2N3O7/c1-14-8-17(6-7-20(14)27)30-25(33)19(24(32)29-26(30)34)10-16-11-21(28)23(22(12-16)37-2)38-13-15-4-3-5-18(9-15)31(35)36/h3-12H,13H2,1-2H3,(H,29,32,34)/b19-10+. The largest absolute Gasteiger partial charge is 0.493 e. The molecule has 3 aromatic carbocycles. The van der Waals surface area contributed by atoms with E-state index < -0.39 is 22.8 Å². The number of ether oxygens (including phenoxy) is 2. The van der Waals surface area contributed by atoms with Gasteiger partial charge in [0.15, 0.2) is 11.5 Å². The highest BCUT2D eigenvalue weighted by atomic mass is 79.9. The van der Waals surface area contributed by atoms with Crippen LogP contribution in [0.15, 0.2) is 69.1 Å². The van der Waals surface area contributed by atoms with Crippen LogP contribution in [0.5, 0.6) is 11.5 Å². The van der Waals surface area contributed by atoms with Crippen LogP contribution < -0.4 is 19.7 Å². The van der Waals surface area contributed by atoms with E-state index in [2.05, 4.69) is 37.2 Å². The number of imide groups is 2. The maximum atomic E-state index is 13.2. The van der Waals surface area contributed by atoms with Crippen LogP contribution in [0.25, 0.3) is 6.08 Å². The van der Waals surface area contributed by atoms with Crippen molar-refractivity contribution in [3.05, 3.63) is 95.9 Å². The van der Waals surface area contributed by atoms with E-state index in [9.17, 15) is 24.5 Å². The van der Waals surface area contributed by atoms with Gasteiger partial charge in [-0.15, -0.1) is 0 Å². The van der Waals surface area contributed by atoms with E-state index in [4.69, 9.17) is 9.47 Å². The Labute approximate surface area is 233 Å². The fourth-order valence-electron chi connectivity index (χ4n) is 3.71. The zero-order chi connectivity index (χ0) is 27.6. The summed E-state index contributed by atoms with van der Waals surface area (Å²) in [5.74, 6) is -0.993. The third kappa shape index (κ3) is 5.60. The number of halogens is 2. The summed E-state index contributed by atoms with van der Waals surface area (Å²) in [4.78, 5) is 49.8. The lowest BCUT2D eigenvalue weighted by Crippen LogP contribution is -2.54. The lowest BCUT2D eigenvalue weighted by Gasteiger charge is -2.26. The van der Waals surface area contributed by atoms with Crippen LogP contribution in [0.3, 0.4) is 0 Å². The first kappa shape index (κ1) is 27.0. The van der Waals surface area contributed by atoms with E-state index in [-0.39, 0.29) is 23.6 Å². The SMILES string of the molecule is COc1cc(/C=C2\C(=O)NC(=O)N(c3ccc(Br)c(C)c3)C2=O)cc(Br)c1OCc1cccc([N+](=O)[O-])c1. The second-order valence-electron chi connectivity index (χ2n) is 8.14. The smallest absolute Gasteiger partial charge is 0.335 e. The summed E-state index contributed by atoms with van der Waals surface area (Å²) in [6.07, 6.45) is 1.35. The molecule has 3 aromatic rings. The predicted octanol–water partition coefficient (Wildman–Crippen LogP) is 5.68. The number of nitrogens with zero attached hydrogens (tertiary/aromatic N) is 2. The van der Waals surface area contributed by atoms with E-state index in [1.165, 1.54) is 25.3 Å². The monoisotopic (exact) mass is 643 g/mol. The summed E-state index contributed by atoms with van der Waals surface area (Å²) in [6, 6.07) is 13.3. The first-order valence-electron chi connectivity index (χ1n) is 11.0. The lowest BCUT2D eigenvalue weighted by atomic mass is 10.1. The number of nitrogens with one attached hydrogen (secondary N) is 1. The van der Waals surface area contributed by atoms with E-state index in [1.54, 1.807) is 42.5 Å². The second-order valence-corrected chi connectivity index (χ2v) is 9.85. The lowest BCUT2D eigenvalue weighted by molar-refractivity contribution is -0.384. The van der Waals surface area contributed by atoms with Crippen LogP contribution in [-0.4, -0.2) is 29.9 Å². The fraction of sp³-hybridized carbons (Fsp3) is 0.115. The number of anilines is 1. The number of rotatable bonds is 7. The third-order valence-electron chi connectivity index (χ3n) is 5.57. The fourth-order valence-corrected chi connectivity index (χ4v) is 4.53. The van der Waals surface area contributed by atoms with E-state index in [0.717, 1.165) is 14.9 Å². The van der Waals surface area contributed by atoms with Crippen molar-refractivity contribution in [2.45, 2.75) is 13.5 Å². The highest BCUT2D eigenvalue weighted by molar-refractivity contribution is 9.10. The number of benzene rings is 3. The molecule has 1 heterocycles. The van der Waals surface area contributed by atoms with Gasteiger partial charge in [-0.3, -0.25) is 25.0 Å². The molecule has 4 amide bonds. The first-order chi connectivity index (χ1) is 18.1. The summed E-state index contributed by atoms with van der Waals surface area (Å²) in [5, 5.41) is 13.2. The molecular formula is C26H19Br2N3O7. The molecule has 0 saturated carbocycles. The molecule has 0 aromatic heterocycles. The molecule has 12 heteroatoms. The van der Waals surface area contributed by atoms with Gasteiger partial charge in [0.2, 0.25) is 0 Å². The highest BCUT2D eigenvalue weighted by Crippen LogP contribution is 2.38. The summed E-state index contributed by atoms with van der Waals surface area (Å²) in [6.45, 7) is 1.84. The van der Waals surface area contributed by atoms with Gasteiger partial charge in [-0.25, -0.2) is 9.69 Å². The molecule has 0 aliphatic carbocycles. The zero-order valence-corrected chi connectivity index (χ0v) is 23.2. The number of nitro groups is 1. The molecule has 4 rings (SSSR count). The normalized spacial score (nSPS) is 14.5. The molecule has 194 valence electrons. The molecule has 38 heavy (non-hydrogen) atoms. The van der Waals surface area contributed by atoms with Crippen molar-refractivity contribution in [2.24, 2.45) is 0 Å². The summed E-state index contributed by atoms with van der Waals surface area (Å²) < 4.78 is 12.6. The maximum Gasteiger partial charge on any atom is 0.335 e. The van der Waals surface area contributed by atoms with Crippen molar-refractivity contribution in [3.8, 4) is 11.5 Å². The molecule has 1 aliphatic heterocycles. The quantitative estimate of drug-likeness (QED) is 0.152. The Morgan fingerprint density at radius 2 is 1.82 bits per heavy atom. The molecule has 0 bridgehead atoms. The number of carbonyl (C=O) groups excluding carboxylic acids is 3. The molecule has 1 N–H and O–H groups in total. The maximum absolute atomic E-state index is 13.2. The number of carbonyl (C=O) groups is 3. The Balaban J connectivity index is 1.63. The summed E-state index contributed by atoms with van der Waals surface area (Å²) in [5.41, 5.74) is 1.83. The van der Waals surface area contributed by atoms with Crippen molar-refractivity contribution < 1.29 is 28.8 Å². The molecule has 10 nitrogen and oxygen atoms in total. The molecule has 1 aliphatic rings. The second kappa shape index (κ2) is 11.2. The van der Waals surface area contributed by atoms with E-state index in [0.29, 0.717) is 27.0 Å². The Kier molecular flexibility index (Phi) is 7.93.